The Kier molecular flexibility index (Phi) is 5.34. The third-order valence-corrected chi connectivity index (χ3v) is 6.09. The van der Waals surface area contributed by atoms with Crippen LogP contribution in [0.15, 0.2) is 65.7 Å². The highest BCUT2D eigenvalue weighted by atomic mass is 32.2. The van der Waals surface area contributed by atoms with Crippen LogP contribution in [-0.4, -0.2) is 29.1 Å². The SMILES string of the molecule is CC(=O)Nc1ccc(S(=O)(=O)Nc2c(C#N)cnn2-c2cc(C)c3ccccc3n2)cc1. The second kappa shape index (κ2) is 8.13. The molecule has 10 heteroatoms. The Labute approximate surface area is 184 Å². The largest absolute Gasteiger partial charge is 0.326 e. The summed E-state index contributed by atoms with van der Waals surface area (Å²) in [6.45, 7) is 3.28. The number of pyridine rings is 1. The Morgan fingerprint density at radius 3 is 2.53 bits per heavy atom. The molecule has 160 valence electrons. The first kappa shape index (κ1) is 21.0. The van der Waals surface area contributed by atoms with Crippen molar-refractivity contribution in [2.24, 2.45) is 0 Å². The third-order valence-electron chi connectivity index (χ3n) is 4.73. The summed E-state index contributed by atoms with van der Waals surface area (Å²) in [6.07, 6.45) is 1.28. The van der Waals surface area contributed by atoms with Gasteiger partial charge in [0.2, 0.25) is 5.91 Å². The molecule has 0 aliphatic carbocycles. The van der Waals surface area contributed by atoms with Crippen molar-refractivity contribution in [1.82, 2.24) is 14.8 Å². The van der Waals surface area contributed by atoms with Gasteiger partial charge < -0.3 is 5.32 Å². The van der Waals surface area contributed by atoms with Crippen LogP contribution in [-0.2, 0) is 14.8 Å². The zero-order valence-electron chi connectivity index (χ0n) is 17.2. The number of hydrogen-bond donors (Lipinski definition) is 2. The second-order valence-corrected chi connectivity index (χ2v) is 8.74. The van der Waals surface area contributed by atoms with E-state index in [0.717, 1.165) is 16.5 Å². The zero-order valence-corrected chi connectivity index (χ0v) is 18.0. The molecule has 2 aromatic carbocycles. The molecule has 0 aliphatic heterocycles. The van der Waals surface area contributed by atoms with E-state index in [9.17, 15) is 18.5 Å². The van der Waals surface area contributed by atoms with Gasteiger partial charge in [0.15, 0.2) is 11.6 Å². The van der Waals surface area contributed by atoms with Crippen LogP contribution in [0.3, 0.4) is 0 Å². The minimum atomic E-state index is -4.05. The number of aromatic nitrogens is 3. The van der Waals surface area contributed by atoms with Crippen LogP contribution >= 0.6 is 0 Å². The predicted molar refractivity (Wildman–Crippen MR) is 120 cm³/mol. The quantitative estimate of drug-likeness (QED) is 0.483. The number of sulfonamides is 1. The highest BCUT2D eigenvalue weighted by Crippen LogP contribution is 2.26. The molecule has 0 aliphatic rings. The van der Waals surface area contributed by atoms with E-state index in [1.807, 2.05) is 37.3 Å². The van der Waals surface area contributed by atoms with E-state index in [0.29, 0.717) is 11.5 Å². The number of nitrogens with zero attached hydrogens (tertiary/aromatic N) is 4. The van der Waals surface area contributed by atoms with Crippen molar-refractivity contribution in [3.63, 3.8) is 0 Å². The van der Waals surface area contributed by atoms with Crippen molar-refractivity contribution in [3.05, 3.63) is 71.9 Å². The average molecular weight is 446 g/mol. The number of carbonyl (C=O) groups excluding carboxylic acids is 1. The number of benzene rings is 2. The van der Waals surface area contributed by atoms with E-state index >= 15 is 0 Å². The number of nitrogens with one attached hydrogen (secondary N) is 2. The van der Waals surface area contributed by atoms with Crippen LogP contribution in [0.1, 0.15) is 18.1 Å². The molecule has 1 amide bonds. The van der Waals surface area contributed by atoms with Crippen molar-refractivity contribution in [2.45, 2.75) is 18.7 Å². The van der Waals surface area contributed by atoms with E-state index in [1.54, 1.807) is 6.07 Å². The maximum Gasteiger partial charge on any atom is 0.263 e. The molecule has 0 bridgehead atoms. The van der Waals surface area contributed by atoms with Gasteiger partial charge in [-0.2, -0.15) is 15.0 Å². The third kappa shape index (κ3) is 4.01. The summed E-state index contributed by atoms with van der Waals surface area (Å²) in [5.74, 6) is 0.0986. The number of carbonyl (C=O) groups is 1. The molecule has 0 unspecified atom stereocenters. The smallest absolute Gasteiger partial charge is 0.263 e. The number of aryl methyl sites for hydroxylation is 1. The molecule has 0 atom stereocenters. The summed E-state index contributed by atoms with van der Waals surface area (Å²) in [7, 11) is -4.05. The summed E-state index contributed by atoms with van der Waals surface area (Å²) < 4.78 is 29.7. The van der Waals surface area contributed by atoms with Gasteiger partial charge in [0.25, 0.3) is 10.0 Å². The predicted octanol–water partition coefficient (Wildman–Crippen LogP) is 3.36. The van der Waals surface area contributed by atoms with Gasteiger partial charge in [-0.1, -0.05) is 18.2 Å². The van der Waals surface area contributed by atoms with Crippen molar-refractivity contribution >= 4 is 38.3 Å². The molecule has 0 fully saturated rings. The Morgan fingerprint density at radius 2 is 1.84 bits per heavy atom. The second-order valence-electron chi connectivity index (χ2n) is 7.06. The summed E-state index contributed by atoms with van der Waals surface area (Å²) in [5.41, 5.74) is 2.17. The molecule has 4 aromatic rings. The normalized spacial score (nSPS) is 11.2. The molecule has 0 radical (unpaired) electrons. The summed E-state index contributed by atoms with van der Waals surface area (Å²) >= 11 is 0. The molecular weight excluding hydrogens is 428 g/mol. The van der Waals surface area contributed by atoms with Gasteiger partial charge in [-0.3, -0.25) is 9.52 Å². The highest BCUT2D eigenvalue weighted by molar-refractivity contribution is 7.92. The van der Waals surface area contributed by atoms with Crippen LogP contribution in [0.4, 0.5) is 11.5 Å². The van der Waals surface area contributed by atoms with Crippen LogP contribution in [0.25, 0.3) is 16.7 Å². The molecular formula is C22H18N6O3S. The summed E-state index contributed by atoms with van der Waals surface area (Å²) in [6, 6.07) is 17.0. The first-order valence-electron chi connectivity index (χ1n) is 9.54. The van der Waals surface area contributed by atoms with E-state index in [-0.39, 0.29) is 22.2 Å². The number of para-hydroxylation sites is 1. The van der Waals surface area contributed by atoms with Crippen molar-refractivity contribution < 1.29 is 13.2 Å². The van der Waals surface area contributed by atoms with Crippen LogP contribution in [0, 0.1) is 18.3 Å². The maximum absolute atomic E-state index is 13.0. The number of anilines is 2. The van der Waals surface area contributed by atoms with Crippen molar-refractivity contribution in [1.29, 1.82) is 5.26 Å². The molecule has 2 N–H and O–H groups in total. The lowest BCUT2D eigenvalue weighted by Gasteiger charge is -2.12. The highest BCUT2D eigenvalue weighted by Gasteiger charge is 2.22. The standard InChI is InChI=1S/C22H18N6O3S/c1-14-11-21(26-20-6-4-3-5-19(14)20)28-22(16(12-23)13-24-28)27-32(30,31)18-9-7-17(8-10-18)25-15(2)29/h3-11,13,27H,1-2H3,(H,25,29). The van der Waals surface area contributed by atoms with Gasteiger partial charge >= 0.3 is 0 Å². The van der Waals surface area contributed by atoms with Crippen molar-refractivity contribution in [3.8, 4) is 11.9 Å². The van der Waals surface area contributed by atoms with Crippen molar-refractivity contribution in [2.75, 3.05) is 10.0 Å². The first-order chi connectivity index (χ1) is 15.3. The van der Waals surface area contributed by atoms with E-state index < -0.39 is 10.0 Å². The molecule has 0 spiro atoms. The molecule has 9 nitrogen and oxygen atoms in total. The molecule has 2 aromatic heterocycles. The fraction of sp³-hybridized carbons (Fsp3) is 0.0909. The molecule has 0 saturated heterocycles. The van der Waals surface area contributed by atoms with Crippen LogP contribution < -0.4 is 10.0 Å². The molecule has 32 heavy (non-hydrogen) atoms. The van der Waals surface area contributed by atoms with Gasteiger partial charge in [0, 0.05) is 18.0 Å². The Hall–Kier alpha value is -4.23. The number of hydrogen-bond acceptors (Lipinski definition) is 6. The van der Waals surface area contributed by atoms with Gasteiger partial charge in [-0.05, 0) is 48.9 Å². The Morgan fingerprint density at radius 1 is 1.12 bits per heavy atom. The minimum Gasteiger partial charge on any atom is -0.326 e. The summed E-state index contributed by atoms with van der Waals surface area (Å²) in [4.78, 5) is 15.7. The molecule has 4 rings (SSSR count). The lowest BCUT2D eigenvalue weighted by atomic mass is 10.1. The topological polar surface area (TPSA) is 130 Å². The van der Waals surface area contributed by atoms with Gasteiger partial charge in [0.1, 0.15) is 11.6 Å². The van der Waals surface area contributed by atoms with Crippen LogP contribution in [0.2, 0.25) is 0 Å². The molecule has 2 heterocycles. The van der Waals surface area contributed by atoms with Gasteiger partial charge in [-0.15, -0.1) is 0 Å². The molecule has 0 saturated carbocycles. The van der Waals surface area contributed by atoms with Gasteiger partial charge in [0.05, 0.1) is 16.6 Å². The number of nitriles is 1. The lowest BCUT2D eigenvalue weighted by molar-refractivity contribution is -0.114. The summed E-state index contributed by atoms with van der Waals surface area (Å²) in [5, 5.41) is 17.2. The number of amides is 1. The monoisotopic (exact) mass is 446 g/mol. The first-order valence-corrected chi connectivity index (χ1v) is 11.0. The zero-order chi connectivity index (χ0) is 22.9. The van der Waals surface area contributed by atoms with Crippen LogP contribution in [0.5, 0.6) is 0 Å². The lowest BCUT2D eigenvalue weighted by Crippen LogP contribution is -2.17. The fourth-order valence-corrected chi connectivity index (χ4v) is 4.31. The Bertz CT molecular complexity index is 1480. The fourth-order valence-electron chi connectivity index (χ4n) is 3.25. The number of rotatable bonds is 5. The average Bonchev–Trinajstić information content (AvgIpc) is 3.15. The van der Waals surface area contributed by atoms with E-state index in [1.165, 1.54) is 42.1 Å². The minimum absolute atomic E-state index is 0.0133. The van der Waals surface area contributed by atoms with E-state index in [4.69, 9.17) is 0 Å². The van der Waals surface area contributed by atoms with E-state index in [2.05, 4.69) is 20.1 Å². The maximum atomic E-state index is 13.0. The Balaban J connectivity index is 1.74. The number of fused-ring (bicyclic) bond motifs is 1. The van der Waals surface area contributed by atoms with Gasteiger partial charge in [-0.25, -0.2) is 13.4 Å².